The largest absolute Gasteiger partial charge is 0.327 e. The lowest BCUT2D eigenvalue weighted by Gasteiger charge is -2.42. The van der Waals surface area contributed by atoms with Gasteiger partial charge >= 0.3 is 0 Å². The molecule has 126 valence electrons. The van der Waals surface area contributed by atoms with E-state index in [1.165, 1.54) is 11.3 Å². The van der Waals surface area contributed by atoms with Gasteiger partial charge in [0.05, 0.1) is 16.8 Å². The Labute approximate surface area is 146 Å². The first-order chi connectivity index (χ1) is 10.4. The number of fused-ring (bicyclic) bond motifs is 1. The molecule has 1 unspecified atom stereocenters. The molecule has 1 aliphatic heterocycles. The Hall–Kier alpha value is -1.21. The van der Waals surface area contributed by atoms with E-state index in [2.05, 4.69) is 29.0 Å². The molecule has 0 bridgehead atoms. The van der Waals surface area contributed by atoms with Gasteiger partial charge in [-0.1, -0.05) is 37.3 Å². The Bertz CT molecular complexity index is 655. The Balaban J connectivity index is 0.00000192. The molecule has 0 aliphatic carbocycles. The van der Waals surface area contributed by atoms with E-state index in [0.717, 1.165) is 29.7 Å². The highest BCUT2D eigenvalue weighted by Gasteiger charge is 2.33. The summed E-state index contributed by atoms with van der Waals surface area (Å²) in [5, 5.41) is 3.58. The number of carbonyl (C=O) groups is 1. The predicted molar refractivity (Wildman–Crippen MR) is 98.3 cm³/mol. The molecule has 23 heavy (non-hydrogen) atoms. The van der Waals surface area contributed by atoms with Gasteiger partial charge in [0.25, 0.3) is 0 Å². The molecule has 7 heteroatoms. The number of hydrogen-bond donors (Lipinski definition) is 2. The van der Waals surface area contributed by atoms with Gasteiger partial charge in [0.1, 0.15) is 0 Å². The summed E-state index contributed by atoms with van der Waals surface area (Å²) in [5.41, 5.74) is 7.11. The highest BCUT2D eigenvalue weighted by Crippen LogP contribution is 2.28. The molecule has 1 aliphatic rings. The molecule has 5 nitrogen and oxygen atoms in total. The molecular weight excluding hydrogens is 332 g/mol. The average Bonchev–Trinajstić information content (AvgIpc) is 2.84. The van der Waals surface area contributed by atoms with E-state index in [0.29, 0.717) is 11.7 Å². The van der Waals surface area contributed by atoms with Gasteiger partial charge in [-0.25, -0.2) is 4.98 Å². The second-order valence-corrected chi connectivity index (χ2v) is 7.66. The molecule has 2 aromatic rings. The van der Waals surface area contributed by atoms with Crippen LogP contribution >= 0.6 is 23.7 Å². The number of amides is 1. The van der Waals surface area contributed by atoms with E-state index in [4.69, 9.17) is 5.73 Å². The molecule has 1 atom stereocenters. The minimum absolute atomic E-state index is 0. The number of hydrogen-bond acceptors (Lipinski definition) is 5. The van der Waals surface area contributed by atoms with Gasteiger partial charge in [-0.05, 0) is 24.0 Å². The third-order valence-electron chi connectivity index (χ3n) is 4.30. The third-order valence-corrected chi connectivity index (χ3v) is 5.25. The number of piperidine rings is 1. The summed E-state index contributed by atoms with van der Waals surface area (Å²) in [4.78, 5) is 18.8. The quantitative estimate of drug-likeness (QED) is 0.889. The van der Waals surface area contributed by atoms with Crippen molar-refractivity contribution in [2.75, 3.05) is 25.0 Å². The van der Waals surface area contributed by atoms with E-state index >= 15 is 0 Å². The van der Waals surface area contributed by atoms with Crippen molar-refractivity contribution in [3.63, 3.8) is 0 Å². The lowest BCUT2D eigenvalue weighted by atomic mass is 9.80. The van der Waals surface area contributed by atoms with E-state index in [1.807, 2.05) is 24.3 Å². The molecule has 1 fully saturated rings. The Morgan fingerprint density at radius 1 is 1.48 bits per heavy atom. The zero-order valence-electron chi connectivity index (χ0n) is 13.4. The number of thiazole rings is 1. The van der Waals surface area contributed by atoms with Crippen molar-refractivity contribution in [1.82, 2.24) is 9.88 Å². The highest BCUT2D eigenvalue weighted by molar-refractivity contribution is 7.22. The van der Waals surface area contributed by atoms with Crippen LogP contribution in [0.3, 0.4) is 0 Å². The van der Waals surface area contributed by atoms with Crippen LogP contribution in [0.25, 0.3) is 10.2 Å². The second-order valence-electron chi connectivity index (χ2n) is 6.63. The van der Waals surface area contributed by atoms with Crippen molar-refractivity contribution in [2.45, 2.75) is 26.3 Å². The molecule has 0 spiro atoms. The standard InChI is InChI=1S/C16H22N4OS.ClH/c1-16(2)10-20(8-7-13(16)17)9-14(21)19-15-18-11-5-3-4-6-12(11)22-15;/h3-6,13H,7-10,17H2,1-2H3,(H,18,19,21);1H. The zero-order chi connectivity index (χ0) is 15.7. The van der Waals surface area contributed by atoms with Gasteiger partial charge in [-0.3, -0.25) is 9.69 Å². The average molecular weight is 355 g/mol. The number of nitrogens with zero attached hydrogens (tertiary/aromatic N) is 2. The molecule has 0 radical (unpaired) electrons. The minimum atomic E-state index is -0.00896. The number of halogens is 1. The van der Waals surface area contributed by atoms with Crippen LogP contribution in [0.4, 0.5) is 5.13 Å². The summed E-state index contributed by atoms with van der Waals surface area (Å²) in [6.07, 6.45) is 0.932. The fourth-order valence-corrected chi connectivity index (χ4v) is 3.79. The fraction of sp³-hybridized carbons (Fsp3) is 0.500. The minimum Gasteiger partial charge on any atom is -0.327 e. The molecule has 3 rings (SSSR count). The van der Waals surface area contributed by atoms with Gasteiger partial charge < -0.3 is 11.1 Å². The van der Waals surface area contributed by atoms with E-state index in [9.17, 15) is 4.79 Å². The Morgan fingerprint density at radius 3 is 2.91 bits per heavy atom. The molecule has 1 amide bonds. The summed E-state index contributed by atoms with van der Waals surface area (Å²) >= 11 is 1.51. The molecule has 1 aromatic carbocycles. The van der Waals surface area contributed by atoms with Crippen LogP contribution in [0.1, 0.15) is 20.3 Å². The summed E-state index contributed by atoms with van der Waals surface area (Å²) in [7, 11) is 0. The lowest BCUT2D eigenvalue weighted by Crippen LogP contribution is -2.53. The summed E-state index contributed by atoms with van der Waals surface area (Å²) in [6.45, 7) is 6.44. The summed E-state index contributed by atoms with van der Waals surface area (Å²) < 4.78 is 1.09. The molecule has 1 aromatic heterocycles. The van der Waals surface area contributed by atoms with Crippen LogP contribution in [0.15, 0.2) is 24.3 Å². The maximum Gasteiger partial charge on any atom is 0.240 e. The van der Waals surface area contributed by atoms with Gasteiger partial charge in [-0.15, -0.1) is 12.4 Å². The number of nitrogens with one attached hydrogen (secondary N) is 1. The molecular formula is C16H23ClN4OS. The maximum atomic E-state index is 12.2. The van der Waals surface area contributed by atoms with E-state index < -0.39 is 0 Å². The molecule has 1 saturated heterocycles. The number of benzene rings is 1. The van der Waals surface area contributed by atoms with Gasteiger partial charge in [-0.2, -0.15) is 0 Å². The SMILES string of the molecule is CC1(C)CN(CC(=O)Nc2nc3ccccc3s2)CCC1N.Cl. The molecule has 0 saturated carbocycles. The predicted octanol–water partition coefficient (Wildman–Crippen LogP) is 2.72. The Kier molecular flexibility index (Phi) is 5.62. The lowest BCUT2D eigenvalue weighted by molar-refractivity contribution is -0.118. The summed E-state index contributed by atoms with van der Waals surface area (Å²) in [6, 6.07) is 8.10. The van der Waals surface area contributed by atoms with Crippen LogP contribution in [-0.2, 0) is 4.79 Å². The van der Waals surface area contributed by atoms with Gasteiger partial charge in [0.15, 0.2) is 5.13 Å². The first-order valence-electron chi connectivity index (χ1n) is 7.57. The van der Waals surface area contributed by atoms with Crippen molar-refractivity contribution in [2.24, 2.45) is 11.1 Å². The van der Waals surface area contributed by atoms with Crippen LogP contribution in [-0.4, -0.2) is 41.5 Å². The first-order valence-corrected chi connectivity index (χ1v) is 8.39. The number of para-hydroxylation sites is 1. The molecule has 3 N–H and O–H groups in total. The number of likely N-dealkylation sites (tertiary alicyclic amines) is 1. The van der Waals surface area contributed by atoms with Crippen molar-refractivity contribution in [3.05, 3.63) is 24.3 Å². The van der Waals surface area contributed by atoms with E-state index in [1.54, 1.807) is 0 Å². The van der Waals surface area contributed by atoms with Crippen molar-refractivity contribution in [1.29, 1.82) is 0 Å². The monoisotopic (exact) mass is 354 g/mol. The van der Waals surface area contributed by atoms with Crippen LogP contribution < -0.4 is 11.1 Å². The van der Waals surface area contributed by atoms with Crippen molar-refractivity contribution >= 4 is 45.0 Å². The number of aromatic nitrogens is 1. The van der Waals surface area contributed by atoms with Crippen molar-refractivity contribution < 1.29 is 4.79 Å². The van der Waals surface area contributed by atoms with Crippen LogP contribution in [0, 0.1) is 5.41 Å². The first kappa shape index (κ1) is 18.1. The van der Waals surface area contributed by atoms with Gasteiger partial charge in [0.2, 0.25) is 5.91 Å². The van der Waals surface area contributed by atoms with Gasteiger partial charge in [0, 0.05) is 19.1 Å². The topological polar surface area (TPSA) is 71.2 Å². The number of rotatable bonds is 3. The summed E-state index contributed by atoms with van der Waals surface area (Å²) in [5.74, 6) is -0.00896. The second kappa shape index (κ2) is 7.13. The van der Waals surface area contributed by atoms with Crippen LogP contribution in [0.5, 0.6) is 0 Å². The van der Waals surface area contributed by atoms with Crippen LogP contribution in [0.2, 0.25) is 0 Å². The smallest absolute Gasteiger partial charge is 0.240 e. The fourth-order valence-electron chi connectivity index (χ4n) is 2.91. The molecule has 2 heterocycles. The normalized spacial score (nSPS) is 20.9. The number of anilines is 1. The number of nitrogens with two attached hydrogens (primary N) is 1. The number of carbonyl (C=O) groups excluding carboxylic acids is 1. The van der Waals surface area contributed by atoms with Crippen molar-refractivity contribution in [3.8, 4) is 0 Å². The Morgan fingerprint density at radius 2 is 2.22 bits per heavy atom. The van der Waals surface area contributed by atoms with E-state index in [-0.39, 0.29) is 29.8 Å². The maximum absolute atomic E-state index is 12.2. The zero-order valence-corrected chi connectivity index (χ0v) is 15.0. The third kappa shape index (κ3) is 4.20. The highest BCUT2D eigenvalue weighted by atomic mass is 35.5.